The minimum atomic E-state index is 0. The first kappa shape index (κ1) is 13.4. The van der Waals surface area contributed by atoms with E-state index in [1.807, 2.05) is 0 Å². The summed E-state index contributed by atoms with van der Waals surface area (Å²) in [6, 6.07) is 0. The Morgan fingerprint density at radius 2 is 1.80 bits per heavy atom. The fourth-order valence-electron chi connectivity index (χ4n) is 0.799. The second-order valence-electron chi connectivity index (χ2n) is 2.19. The molecule has 57 valence electrons. The van der Waals surface area contributed by atoms with E-state index in [0.717, 1.165) is 0 Å². The molecule has 1 rings (SSSR count). The second kappa shape index (κ2) is 5.43. The molecule has 10 heavy (non-hydrogen) atoms. The molecular weight excluding hydrogens is 203 g/mol. The fourth-order valence-corrected chi connectivity index (χ4v) is 1.27. The molecule has 0 saturated heterocycles. The van der Waals surface area contributed by atoms with Gasteiger partial charge in [0.2, 0.25) is 0 Å². The topological polar surface area (TPSA) is 0 Å². The smallest absolute Gasteiger partial charge is 0.147 e. The molecular formula is C7H11Cl2Ti. The van der Waals surface area contributed by atoms with Crippen LogP contribution in [0.5, 0.6) is 0 Å². The van der Waals surface area contributed by atoms with Crippen molar-refractivity contribution in [3.63, 3.8) is 0 Å². The standard InChI is InChI=1S/C7H9.2ClH.Ti/c1-6-4-3-5-7(6)2;;;/h4H,3H2,1-2H3;2*1H;. The molecule has 0 atom stereocenters. The summed E-state index contributed by atoms with van der Waals surface area (Å²) in [6.45, 7) is 4.36. The zero-order valence-corrected chi connectivity index (χ0v) is 9.30. The predicted octanol–water partition coefficient (Wildman–Crippen LogP) is 3.00. The molecule has 0 fully saturated rings. The van der Waals surface area contributed by atoms with Crippen LogP contribution in [0.1, 0.15) is 20.3 Å². The fraction of sp³-hybridized carbons (Fsp3) is 0.429. The van der Waals surface area contributed by atoms with Crippen molar-refractivity contribution in [3.05, 3.63) is 21.1 Å². The van der Waals surface area contributed by atoms with Crippen LogP contribution < -0.4 is 0 Å². The molecule has 0 aliphatic heterocycles. The van der Waals surface area contributed by atoms with E-state index in [-0.39, 0.29) is 24.8 Å². The van der Waals surface area contributed by atoms with Crippen molar-refractivity contribution in [2.75, 3.05) is 0 Å². The van der Waals surface area contributed by atoms with Crippen molar-refractivity contribution < 1.29 is 20.4 Å². The summed E-state index contributed by atoms with van der Waals surface area (Å²) in [6.07, 6.45) is 3.46. The monoisotopic (exact) mass is 213 g/mol. The summed E-state index contributed by atoms with van der Waals surface area (Å²) >= 11 is 2.20. The van der Waals surface area contributed by atoms with Crippen molar-refractivity contribution >= 4 is 24.8 Å². The van der Waals surface area contributed by atoms with Crippen molar-refractivity contribution in [2.45, 2.75) is 20.3 Å². The molecule has 0 N–H and O–H groups in total. The molecule has 0 spiro atoms. The molecule has 0 amide bonds. The van der Waals surface area contributed by atoms with Gasteiger partial charge in [0.25, 0.3) is 0 Å². The molecule has 0 saturated carbocycles. The van der Waals surface area contributed by atoms with Gasteiger partial charge in [0.05, 0.1) is 0 Å². The number of hydrogen-bond donors (Lipinski definition) is 0. The third kappa shape index (κ3) is 2.80. The zero-order valence-electron chi connectivity index (χ0n) is 6.10. The van der Waals surface area contributed by atoms with E-state index in [0.29, 0.717) is 0 Å². The summed E-state index contributed by atoms with van der Waals surface area (Å²) in [5.74, 6) is 0. The molecule has 0 aromatic rings. The first-order chi connectivity index (χ1) is 3.72. The van der Waals surface area contributed by atoms with E-state index in [4.69, 9.17) is 0 Å². The number of hydrogen-bond acceptors (Lipinski definition) is 0. The van der Waals surface area contributed by atoms with Crippen LogP contribution in [0.25, 0.3) is 0 Å². The van der Waals surface area contributed by atoms with Crippen LogP contribution in [-0.4, -0.2) is 0 Å². The first-order valence-electron chi connectivity index (χ1n) is 2.80. The van der Waals surface area contributed by atoms with Gasteiger partial charge in [-0.1, -0.05) is 0 Å². The Hall–Kier alpha value is 0.774. The van der Waals surface area contributed by atoms with Gasteiger partial charge in [-0.25, -0.2) is 0 Å². The average Bonchev–Trinajstić information content (AvgIpc) is 1.98. The van der Waals surface area contributed by atoms with E-state index >= 15 is 0 Å². The van der Waals surface area contributed by atoms with Crippen LogP contribution in [0, 0.1) is 0 Å². The van der Waals surface area contributed by atoms with Gasteiger partial charge in [0.15, 0.2) is 0 Å². The summed E-state index contributed by atoms with van der Waals surface area (Å²) in [7, 11) is 0. The zero-order chi connectivity index (χ0) is 6.15. The molecule has 0 nitrogen and oxygen atoms in total. The van der Waals surface area contributed by atoms with Gasteiger partial charge in [-0.15, -0.1) is 24.8 Å². The van der Waals surface area contributed by atoms with Gasteiger partial charge in [-0.3, -0.25) is 0 Å². The maximum absolute atomic E-state index is 2.28. The second-order valence-corrected chi connectivity index (χ2v) is 3.14. The van der Waals surface area contributed by atoms with Gasteiger partial charge in [0.1, 0.15) is 0 Å². The summed E-state index contributed by atoms with van der Waals surface area (Å²) in [5, 5.41) is 0. The Labute approximate surface area is 86.4 Å². The summed E-state index contributed by atoms with van der Waals surface area (Å²) < 4.78 is 1.53. The number of halogens is 2. The Balaban J connectivity index is 0. The van der Waals surface area contributed by atoms with E-state index < -0.39 is 0 Å². The Morgan fingerprint density at radius 1 is 1.30 bits per heavy atom. The average molecular weight is 214 g/mol. The molecule has 0 aromatic heterocycles. The van der Waals surface area contributed by atoms with Crippen LogP contribution in [0.2, 0.25) is 0 Å². The van der Waals surface area contributed by atoms with Gasteiger partial charge in [0, 0.05) is 0 Å². The van der Waals surface area contributed by atoms with E-state index in [1.165, 1.54) is 21.4 Å². The summed E-state index contributed by atoms with van der Waals surface area (Å²) in [4.78, 5) is 0. The van der Waals surface area contributed by atoms with Gasteiger partial charge in [-0.2, -0.15) is 0 Å². The SMILES string of the molecule is CC1=CC[C]([Ti])=C1C.Cl.Cl. The third-order valence-electron chi connectivity index (χ3n) is 1.66. The minimum Gasteiger partial charge on any atom is -0.147 e. The maximum Gasteiger partial charge on any atom is -0.147 e. The van der Waals surface area contributed by atoms with Crippen LogP contribution in [0.15, 0.2) is 21.1 Å². The van der Waals surface area contributed by atoms with E-state index in [2.05, 4.69) is 40.4 Å². The van der Waals surface area contributed by atoms with Crippen LogP contribution in [0.4, 0.5) is 0 Å². The molecule has 1 aliphatic carbocycles. The predicted molar refractivity (Wildman–Crippen MR) is 45.6 cm³/mol. The third-order valence-corrected chi connectivity index (χ3v) is 2.56. The Morgan fingerprint density at radius 3 is 1.90 bits per heavy atom. The van der Waals surface area contributed by atoms with Gasteiger partial charge < -0.3 is 0 Å². The van der Waals surface area contributed by atoms with E-state index in [9.17, 15) is 0 Å². The summed E-state index contributed by atoms with van der Waals surface area (Å²) in [5.41, 5.74) is 2.95. The molecule has 3 heteroatoms. The van der Waals surface area contributed by atoms with Crippen LogP contribution in [0.3, 0.4) is 0 Å². The quantitative estimate of drug-likeness (QED) is 0.543. The van der Waals surface area contributed by atoms with Crippen LogP contribution >= 0.6 is 24.8 Å². The Kier molecular flexibility index (Phi) is 7.26. The van der Waals surface area contributed by atoms with Crippen molar-refractivity contribution in [1.29, 1.82) is 0 Å². The van der Waals surface area contributed by atoms with E-state index in [1.54, 1.807) is 0 Å². The molecule has 1 aliphatic rings. The van der Waals surface area contributed by atoms with Crippen LogP contribution in [-0.2, 0) is 20.4 Å². The molecule has 0 unspecified atom stereocenters. The van der Waals surface area contributed by atoms with Crippen molar-refractivity contribution in [1.82, 2.24) is 0 Å². The number of rotatable bonds is 0. The molecule has 0 bridgehead atoms. The molecule has 0 radical (unpaired) electrons. The maximum atomic E-state index is 2.28. The normalized spacial score (nSPS) is 15.5. The van der Waals surface area contributed by atoms with Gasteiger partial charge in [-0.05, 0) is 0 Å². The minimum absolute atomic E-state index is 0. The van der Waals surface area contributed by atoms with Crippen molar-refractivity contribution in [2.24, 2.45) is 0 Å². The van der Waals surface area contributed by atoms with Gasteiger partial charge >= 0.3 is 61.8 Å². The molecule has 0 heterocycles. The largest absolute Gasteiger partial charge is 0.147 e. The first-order valence-corrected chi connectivity index (χ1v) is 3.58. The Bertz CT molecular complexity index is 165. The number of allylic oxidation sites excluding steroid dienone is 4. The van der Waals surface area contributed by atoms with Crippen molar-refractivity contribution in [3.8, 4) is 0 Å². The molecule has 0 aromatic carbocycles.